The first kappa shape index (κ1) is 35.0. The predicted molar refractivity (Wildman–Crippen MR) is 177 cm³/mol. The summed E-state index contributed by atoms with van der Waals surface area (Å²) in [5.41, 5.74) is 10.7. The molecule has 3 fully saturated rings. The molecule has 0 aromatic heterocycles. The second kappa shape index (κ2) is 14.7. The highest BCUT2D eigenvalue weighted by Crippen LogP contribution is 2.69. The monoisotopic (exact) mass is 602 g/mol. The van der Waals surface area contributed by atoms with Crippen molar-refractivity contribution in [2.75, 3.05) is 26.4 Å². The molecule has 5 nitrogen and oxygen atoms in total. The number of ether oxygens (including phenoxy) is 3. The van der Waals surface area contributed by atoms with Crippen molar-refractivity contribution in [3.05, 3.63) is 11.1 Å². The average Bonchev–Trinajstić information content (AvgIpc) is 3.30. The van der Waals surface area contributed by atoms with Crippen LogP contribution >= 0.6 is 0 Å². The third-order valence-electron chi connectivity index (χ3n) is 13.1. The molecule has 0 amide bonds. The van der Waals surface area contributed by atoms with E-state index >= 15 is 0 Å². The molecule has 8 atom stereocenters. The van der Waals surface area contributed by atoms with Gasteiger partial charge in [0, 0.05) is 45.3 Å². The molecule has 0 radical (unpaired) electrons. The number of rotatable bonds is 15. The molecule has 43 heavy (non-hydrogen) atoms. The molecule has 0 unspecified atom stereocenters. The molecule has 0 spiro atoms. The van der Waals surface area contributed by atoms with Crippen molar-refractivity contribution < 1.29 is 19.0 Å². The van der Waals surface area contributed by atoms with Gasteiger partial charge >= 0.3 is 5.97 Å². The van der Waals surface area contributed by atoms with Gasteiger partial charge in [-0.25, -0.2) is 0 Å². The average molecular weight is 602 g/mol. The predicted octanol–water partition coefficient (Wildman–Crippen LogP) is 8.88. The fourth-order valence-electron chi connectivity index (χ4n) is 10.9. The van der Waals surface area contributed by atoms with E-state index in [9.17, 15) is 4.79 Å². The van der Waals surface area contributed by atoms with Gasteiger partial charge in [-0.3, -0.25) is 4.79 Å². The number of hydrogen-bond donors (Lipinski definition) is 1. The maximum absolute atomic E-state index is 12.1. The van der Waals surface area contributed by atoms with Crippen molar-refractivity contribution in [1.29, 1.82) is 0 Å². The van der Waals surface area contributed by atoms with Crippen LogP contribution in [0.4, 0.5) is 0 Å². The van der Waals surface area contributed by atoms with Crippen LogP contribution < -0.4 is 5.73 Å². The summed E-state index contributed by atoms with van der Waals surface area (Å²) < 4.78 is 17.7. The van der Waals surface area contributed by atoms with Gasteiger partial charge < -0.3 is 19.9 Å². The SMILES string of the molecule is CCOCCC(N)(CCOCC)C1=C2C[C@@H](OC(C)=O)CC[C@]2(C)[C@H]2CC[C@]3(C)[C@@H]([C@H](C)CCCC(C)C)CC[C@H]3[C@@H]2C1. The van der Waals surface area contributed by atoms with E-state index in [1.165, 1.54) is 56.1 Å². The summed E-state index contributed by atoms with van der Waals surface area (Å²) in [5, 5.41) is 0. The topological polar surface area (TPSA) is 70.8 Å². The van der Waals surface area contributed by atoms with E-state index in [0.29, 0.717) is 43.7 Å². The molecule has 0 aromatic rings. The van der Waals surface area contributed by atoms with E-state index in [1.54, 1.807) is 6.92 Å². The Hall–Kier alpha value is -0.910. The number of carbonyl (C=O) groups is 1. The van der Waals surface area contributed by atoms with Crippen LogP contribution in [-0.4, -0.2) is 44.0 Å². The third-order valence-corrected chi connectivity index (χ3v) is 13.1. The normalized spacial score (nSPS) is 35.0. The first-order valence-corrected chi connectivity index (χ1v) is 18.2. The van der Waals surface area contributed by atoms with Crippen molar-refractivity contribution in [3.63, 3.8) is 0 Å². The lowest BCUT2D eigenvalue weighted by atomic mass is 9.44. The zero-order valence-corrected chi connectivity index (χ0v) is 29.3. The molecule has 2 N–H and O–H groups in total. The van der Waals surface area contributed by atoms with Gasteiger partial charge in [-0.2, -0.15) is 0 Å². The molecular formula is C38H67NO4. The van der Waals surface area contributed by atoms with E-state index < -0.39 is 5.54 Å². The van der Waals surface area contributed by atoms with Gasteiger partial charge in [-0.05, 0) is 118 Å². The van der Waals surface area contributed by atoms with Gasteiger partial charge in [-0.1, -0.05) is 65.0 Å². The molecule has 0 saturated heterocycles. The summed E-state index contributed by atoms with van der Waals surface area (Å²) in [6.45, 7) is 21.0. The lowest BCUT2D eigenvalue weighted by Crippen LogP contribution is -2.56. The summed E-state index contributed by atoms with van der Waals surface area (Å²) in [6.07, 6.45) is 15.2. The minimum Gasteiger partial charge on any atom is -0.462 e. The highest BCUT2D eigenvalue weighted by atomic mass is 16.5. The molecule has 0 heterocycles. The Balaban J connectivity index is 1.69. The lowest BCUT2D eigenvalue weighted by molar-refractivity contribution is -0.148. The Bertz CT molecular complexity index is 950. The summed E-state index contributed by atoms with van der Waals surface area (Å²) in [5.74, 6) is 4.43. The third kappa shape index (κ3) is 7.40. The van der Waals surface area contributed by atoms with E-state index in [2.05, 4.69) is 48.5 Å². The van der Waals surface area contributed by atoms with Gasteiger partial charge in [0.15, 0.2) is 0 Å². The van der Waals surface area contributed by atoms with E-state index in [4.69, 9.17) is 19.9 Å². The number of hydrogen-bond acceptors (Lipinski definition) is 5. The van der Waals surface area contributed by atoms with Gasteiger partial charge in [-0.15, -0.1) is 0 Å². The zero-order valence-electron chi connectivity index (χ0n) is 29.3. The molecule has 3 saturated carbocycles. The Kier molecular flexibility index (Phi) is 11.9. The Labute approximate surface area is 264 Å². The van der Waals surface area contributed by atoms with Gasteiger partial charge in [0.1, 0.15) is 6.10 Å². The summed E-state index contributed by atoms with van der Waals surface area (Å²) >= 11 is 0. The highest BCUT2D eigenvalue weighted by molar-refractivity contribution is 5.66. The minimum absolute atomic E-state index is 0.0356. The van der Waals surface area contributed by atoms with Crippen molar-refractivity contribution in [2.24, 2.45) is 52.1 Å². The number of esters is 1. The van der Waals surface area contributed by atoms with E-state index in [1.807, 2.05) is 0 Å². The fraction of sp³-hybridized carbons (Fsp3) is 0.921. The molecule has 248 valence electrons. The molecule has 4 aliphatic rings. The van der Waals surface area contributed by atoms with Crippen molar-refractivity contribution in [1.82, 2.24) is 0 Å². The molecule has 0 aliphatic heterocycles. The molecule has 4 rings (SSSR count). The number of nitrogens with two attached hydrogens (primary N) is 1. The van der Waals surface area contributed by atoms with E-state index in [-0.39, 0.29) is 17.5 Å². The van der Waals surface area contributed by atoms with Crippen LogP contribution in [0.5, 0.6) is 0 Å². The van der Waals surface area contributed by atoms with Crippen molar-refractivity contribution in [3.8, 4) is 0 Å². The van der Waals surface area contributed by atoms with Gasteiger partial charge in [0.2, 0.25) is 0 Å². The maximum Gasteiger partial charge on any atom is 0.302 e. The Morgan fingerprint density at radius 2 is 1.60 bits per heavy atom. The second-order valence-electron chi connectivity index (χ2n) is 16.0. The first-order chi connectivity index (χ1) is 20.4. The zero-order chi connectivity index (χ0) is 31.4. The molecule has 5 heteroatoms. The van der Waals surface area contributed by atoms with Gasteiger partial charge in [0.05, 0.1) is 0 Å². The lowest BCUT2D eigenvalue weighted by Gasteiger charge is -2.61. The van der Waals surface area contributed by atoms with Crippen LogP contribution in [-0.2, 0) is 19.0 Å². The Morgan fingerprint density at radius 1 is 0.930 bits per heavy atom. The minimum atomic E-state index is -0.458. The first-order valence-electron chi connectivity index (χ1n) is 18.2. The molecule has 4 aliphatic carbocycles. The second-order valence-corrected chi connectivity index (χ2v) is 16.0. The summed E-state index contributed by atoms with van der Waals surface area (Å²) in [7, 11) is 0. The Morgan fingerprint density at radius 3 is 2.21 bits per heavy atom. The maximum atomic E-state index is 12.1. The molecular weight excluding hydrogens is 534 g/mol. The number of carbonyl (C=O) groups excluding carboxylic acids is 1. The summed E-state index contributed by atoms with van der Waals surface area (Å²) in [4.78, 5) is 12.1. The standard InChI is InChI=1S/C38H67NO4/c1-9-41-22-20-38(39,21-23-42-10-2)35-25-30-32-15-14-31(27(5)13-11-12-26(3)4)36(32,7)19-17-33(30)37(8)18-16-29(24-34(35)37)43-28(6)40/h26-27,29-33H,9-25,39H2,1-8H3/t27-,29+,30+,31-,32+,33+,36-,37-/m1/s1. The van der Waals surface area contributed by atoms with Crippen LogP contribution in [0, 0.1) is 46.3 Å². The van der Waals surface area contributed by atoms with E-state index in [0.717, 1.165) is 62.2 Å². The van der Waals surface area contributed by atoms with Crippen LogP contribution in [0.2, 0.25) is 0 Å². The summed E-state index contributed by atoms with van der Waals surface area (Å²) in [6, 6.07) is 0. The largest absolute Gasteiger partial charge is 0.462 e. The molecule has 0 aromatic carbocycles. The number of fused-ring (bicyclic) bond motifs is 5. The van der Waals surface area contributed by atoms with Gasteiger partial charge in [0.25, 0.3) is 0 Å². The fourth-order valence-corrected chi connectivity index (χ4v) is 10.9. The van der Waals surface area contributed by atoms with Crippen LogP contribution in [0.3, 0.4) is 0 Å². The smallest absolute Gasteiger partial charge is 0.302 e. The quantitative estimate of drug-likeness (QED) is 0.115. The highest BCUT2D eigenvalue weighted by Gasteiger charge is 2.61. The molecule has 0 bridgehead atoms. The van der Waals surface area contributed by atoms with Crippen molar-refractivity contribution >= 4 is 5.97 Å². The van der Waals surface area contributed by atoms with Crippen LogP contribution in [0.25, 0.3) is 0 Å². The van der Waals surface area contributed by atoms with Crippen molar-refractivity contribution in [2.45, 2.75) is 151 Å². The van der Waals surface area contributed by atoms with Crippen LogP contribution in [0.1, 0.15) is 139 Å². The van der Waals surface area contributed by atoms with Crippen LogP contribution in [0.15, 0.2) is 11.1 Å².